The summed E-state index contributed by atoms with van der Waals surface area (Å²) in [5.74, 6) is -0.292. The molecule has 0 aliphatic carbocycles. The van der Waals surface area contributed by atoms with E-state index in [4.69, 9.17) is 19.6 Å². The van der Waals surface area contributed by atoms with E-state index >= 15 is 0 Å². The molecule has 9 heteroatoms. The van der Waals surface area contributed by atoms with Crippen molar-refractivity contribution in [2.45, 2.75) is 0 Å². The molecule has 0 heterocycles. The Morgan fingerprint density at radius 3 is 1.10 bits per heavy atom. The van der Waals surface area contributed by atoms with E-state index in [2.05, 4.69) is 0 Å². The van der Waals surface area contributed by atoms with Crippen LogP contribution in [0.25, 0.3) is 0 Å². The zero-order valence-electron chi connectivity index (χ0n) is 4.46. The van der Waals surface area contributed by atoms with Crippen LogP contribution in [0.4, 0.5) is 0 Å². The summed E-state index contributed by atoms with van der Waals surface area (Å²) >= 11 is 0. The first-order valence-electron chi connectivity index (χ1n) is 1.68. The minimum atomic E-state index is -4.68. The second-order valence-electron chi connectivity index (χ2n) is 1.29. The number of rotatable bonds is 2. The van der Waals surface area contributed by atoms with Crippen molar-refractivity contribution < 1.29 is 48.8 Å². The van der Waals surface area contributed by atoms with Crippen molar-refractivity contribution in [3.63, 3.8) is 0 Å². The molecule has 0 atom stereocenters. The Hall–Kier alpha value is 0.949. The Bertz CT molecular complexity index is 156. The Morgan fingerprint density at radius 2 is 1.10 bits per heavy atom. The molecule has 0 aromatic rings. The van der Waals surface area contributed by atoms with Gasteiger partial charge in [-0.05, 0) is 0 Å². The Labute approximate surface area is 70.3 Å². The molecule has 0 spiro atoms. The van der Waals surface area contributed by atoms with Gasteiger partial charge in [0.2, 0.25) is 0 Å². The van der Waals surface area contributed by atoms with E-state index in [0.717, 1.165) is 0 Å². The van der Waals surface area contributed by atoms with Crippen LogP contribution in [0.1, 0.15) is 0 Å². The van der Waals surface area contributed by atoms with Gasteiger partial charge in [0, 0.05) is 20.1 Å². The first-order valence-corrected chi connectivity index (χ1v) is 5.04. The summed E-state index contributed by atoms with van der Waals surface area (Å²) in [6.07, 6.45) is 0. The molecule has 0 fully saturated rings. The van der Waals surface area contributed by atoms with Gasteiger partial charge >= 0.3 is 0 Å². The van der Waals surface area contributed by atoms with E-state index in [1.165, 1.54) is 0 Å². The Kier molecular flexibility index (Phi) is 5.54. The summed E-state index contributed by atoms with van der Waals surface area (Å²) in [7, 11) is -9.35. The fraction of sp³-hybridized carbons (Fsp3) is 0. The van der Waals surface area contributed by atoms with Gasteiger partial charge in [0.05, 0.1) is 0 Å². The predicted octanol–water partition coefficient (Wildman–Crippen LogP) is -0.541. The zero-order valence-corrected chi connectivity index (χ0v) is 8.10. The first kappa shape index (κ1) is 13.5. The fourth-order valence-corrected chi connectivity index (χ4v) is 1.76. The molecule has 4 N–H and O–H groups in total. The van der Waals surface area contributed by atoms with Gasteiger partial charge in [0.15, 0.2) is 15.2 Å². The fourth-order valence-electron chi connectivity index (χ4n) is 0.196. The van der Waals surface area contributed by atoms with Crippen LogP contribution >= 0.6 is 15.2 Å². The van der Waals surface area contributed by atoms with Crippen molar-refractivity contribution in [2.24, 2.45) is 0 Å². The van der Waals surface area contributed by atoms with Gasteiger partial charge in [-0.3, -0.25) is 9.13 Å². The molecule has 0 aliphatic heterocycles. The summed E-state index contributed by atoms with van der Waals surface area (Å²) in [5.41, 5.74) is 0. The zero-order chi connectivity index (χ0) is 7.71. The van der Waals surface area contributed by atoms with Crippen molar-refractivity contribution in [1.29, 1.82) is 0 Å². The third kappa shape index (κ3) is 11.7. The third-order valence-electron chi connectivity index (χ3n) is 0.301. The summed E-state index contributed by atoms with van der Waals surface area (Å²) in [6.45, 7) is 0. The summed E-state index contributed by atoms with van der Waals surface area (Å²) in [5, 5.41) is 0. The molecular formula is CH5O6P2Tc-. The maximum atomic E-state index is 9.79. The third-order valence-corrected chi connectivity index (χ3v) is 2.71. The minimum absolute atomic E-state index is 0. The second-order valence-corrected chi connectivity index (χ2v) is 4.57. The summed E-state index contributed by atoms with van der Waals surface area (Å²) in [6, 6.07) is 0. The molecule has 0 aromatic heterocycles. The summed E-state index contributed by atoms with van der Waals surface area (Å²) in [4.78, 5) is 31.7. The van der Waals surface area contributed by atoms with Crippen molar-refractivity contribution >= 4 is 15.2 Å². The van der Waals surface area contributed by atoms with Gasteiger partial charge in [-0.15, -0.1) is 0 Å². The molecule has 1 radical (unpaired) electrons. The quantitative estimate of drug-likeness (QED) is 0.396. The van der Waals surface area contributed by atoms with Gasteiger partial charge in [0.1, 0.15) is 0 Å². The molecule has 0 rings (SSSR count). The van der Waals surface area contributed by atoms with Crippen molar-refractivity contribution in [3.05, 3.63) is 5.90 Å². The van der Waals surface area contributed by atoms with E-state index in [9.17, 15) is 9.13 Å². The van der Waals surface area contributed by atoms with Crippen molar-refractivity contribution in [2.75, 3.05) is 0 Å². The average molecular weight is 273 g/mol. The van der Waals surface area contributed by atoms with Crippen LogP contribution in [0.2, 0.25) is 0 Å². The normalized spacial score (nSPS) is 12.4. The first-order chi connectivity index (χ1) is 3.71. The molecule has 63 valence electrons. The Morgan fingerprint density at radius 1 is 0.900 bits per heavy atom. The molecule has 0 aliphatic rings. The molecule has 0 saturated heterocycles. The van der Waals surface area contributed by atoms with Crippen LogP contribution in [0.15, 0.2) is 0 Å². The van der Waals surface area contributed by atoms with Crippen LogP contribution in [0, 0.1) is 5.90 Å². The Balaban J connectivity index is 0. The minimum Gasteiger partial charge on any atom is -0.347 e. The molecule has 10 heavy (non-hydrogen) atoms. The predicted molar refractivity (Wildman–Crippen MR) is 28.4 cm³/mol. The van der Waals surface area contributed by atoms with Crippen LogP contribution in [-0.4, -0.2) is 19.6 Å². The molecule has 0 aromatic carbocycles. The van der Waals surface area contributed by atoms with E-state index in [-0.39, 0.29) is 26.0 Å². The van der Waals surface area contributed by atoms with E-state index < -0.39 is 15.2 Å². The van der Waals surface area contributed by atoms with Gasteiger partial charge in [-0.25, -0.2) is 0 Å². The van der Waals surface area contributed by atoms with E-state index in [0.29, 0.717) is 0 Å². The molecule has 0 bridgehead atoms. The van der Waals surface area contributed by atoms with Crippen molar-refractivity contribution in [1.82, 2.24) is 0 Å². The molecule has 0 saturated carbocycles. The standard InChI is InChI=1S/CH5O6P2.Tc/c2-8(3,4)1-9(5,6)7;/h1H,(H2,2,3,4)(H2,5,6,7);/q-1;. The smallest absolute Gasteiger partial charge is 0.193 e. The van der Waals surface area contributed by atoms with E-state index in [1.54, 1.807) is 0 Å². The van der Waals surface area contributed by atoms with Gasteiger partial charge in [-0.2, -0.15) is 0 Å². The average Bonchev–Trinajstić information content (AvgIpc) is 1.14. The van der Waals surface area contributed by atoms with Gasteiger partial charge in [0.25, 0.3) is 0 Å². The summed E-state index contributed by atoms with van der Waals surface area (Å²) < 4.78 is 19.6. The maximum absolute atomic E-state index is 9.79. The SMILES string of the molecule is O=P(O)(O)[CH-]P(=O)(O)O.[Tc]. The van der Waals surface area contributed by atoms with Crippen molar-refractivity contribution in [3.8, 4) is 0 Å². The monoisotopic (exact) mass is 272 g/mol. The second kappa shape index (κ2) is 4.10. The van der Waals surface area contributed by atoms with E-state index in [1.807, 2.05) is 0 Å². The van der Waals surface area contributed by atoms with Crippen LogP contribution in [0.3, 0.4) is 0 Å². The molecule has 6 nitrogen and oxygen atoms in total. The van der Waals surface area contributed by atoms with Crippen LogP contribution in [-0.2, 0) is 29.2 Å². The van der Waals surface area contributed by atoms with Gasteiger partial charge < -0.3 is 19.6 Å². The molecule has 0 unspecified atom stereocenters. The largest absolute Gasteiger partial charge is 0.347 e. The van der Waals surface area contributed by atoms with Crippen LogP contribution in [0.5, 0.6) is 0 Å². The topological polar surface area (TPSA) is 115 Å². The van der Waals surface area contributed by atoms with Gasteiger partial charge in [-0.1, -0.05) is 5.90 Å². The molecular weight excluding hydrogens is 268 g/mol. The number of hydrogen-bond acceptors (Lipinski definition) is 2. The molecule has 0 amide bonds. The maximum Gasteiger partial charge on any atom is 0.193 e. The van der Waals surface area contributed by atoms with Crippen LogP contribution < -0.4 is 0 Å². The number of hydrogen-bond donors (Lipinski definition) is 4.